The molecule has 0 bridgehead atoms. The van der Waals surface area contributed by atoms with Crippen molar-refractivity contribution in [3.8, 4) is 12.0 Å². The highest BCUT2D eigenvalue weighted by atomic mass is 79.9. The number of hydrogen-bond donors (Lipinski definition) is 0. The fourth-order valence-corrected chi connectivity index (χ4v) is 4.18. The third kappa shape index (κ3) is 2.77. The van der Waals surface area contributed by atoms with Crippen LogP contribution in [0.1, 0.15) is 5.01 Å². The van der Waals surface area contributed by atoms with E-state index in [0.29, 0.717) is 18.6 Å². The fourth-order valence-electron chi connectivity index (χ4n) is 2.86. The Hall–Kier alpha value is -2.85. The SMILES string of the molecule is Cn1nnnc1-n1c(OCc2nc3ccccc3s2)nc2c(Br)cccc21. The highest BCUT2D eigenvalue weighted by Crippen LogP contribution is 2.30. The third-order valence-electron chi connectivity index (χ3n) is 4.07. The van der Waals surface area contributed by atoms with Crippen molar-refractivity contribution in [2.24, 2.45) is 7.05 Å². The fraction of sp³-hybridized carbons (Fsp3) is 0.118. The number of thiazole rings is 1. The second kappa shape index (κ2) is 6.39. The van der Waals surface area contributed by atoms with Crippen LogP contribution in [0.25, 0.3) is 27.2 Å². The molecule has 0 aliphatic carbocycles. The Labute approximate surface area is 165 Å². The van der Waals surface area contributed by atoms with Gasteiger partial charge in [0.25, 0.3) is 5.95 Å². The standard InChI is InChI=1S/C17H12BrN7OS/c1-24-16(21-22-23-24)25-12-7-4-5-10(18)15(12)20-17(25)26-9-14-19-11-6-2-3-8-13(11)27-14/h2-8H,9H2,1H3. The molecule has 0 radical (unpaired) electrons. The largest absolute Gasteiger partial charge is 0.457 e. The van der Waals surface area contributed by atoms with Gasteiger partial charge < -0.3 is 4.74 Å². The number of benzene rings is 2. The molecule has 10 heteroatoms. The monoisotopic (exact) mass is 441 g/mol. The van der Waals surface area contributed by atoms with E-state index in [-0.39, 0.29) is 0 Å². The zero-order valence-corrected chi connectivity index (χ0v) is 16.5. The molecule has 0 atom stereocenters. The van der Waals surface area contributed by atoms with E-state index in [1.54, 1.807) is 27.6 Å². The number of halogens is 1. The zero-order chi connectivity index (χ0) is 18.4. The van der Waals surface area contributed by atoms with Gasteiger partial charge in [0.1, 0.15) is 17.1 Å². The van der Waals surface area contributed by atoms with E-state index in [1.165, 1.54) is 0 Å². The molecule has 3 heterocycles. The van der Waals surface area contributed by atoms with Crippen molar-refractivity contribution in [2.75, 3.05) is 0 Å². The minimum absolute atomic E-state index is 0.311. The van der Waals surface area contributed by atoms with Crippen molar-refractivity contribution in [3.63, 3.8) is 0 Å². The van der Waals surface area contributed by atoms with Gasteiger partial charge in [0.2, 0.25) is 0 Å². The van der Waals surface area contributed by atoms with E-state index < -0.39 is 0 Å². The lowest BCUT2D eigenvalue weighted by atomic mass is 10.3. The van der Waals surface area contributed by atoms with E-state index >= 15 is 0 Å². The molecule has 0 amide bonds. The Morgan fingerprint density at radius 1 is 1.11 bits per heavy atom. The molecular formula is C17H12BrN7OS. The smallest absolute Gasteiger partial charge is 0.305 e. The summed E-state index contributed by atoms with van der Waals surface area (Å²) in [5.74, 6) is 0.523. The maximum Gasteiger partial charge on any atom is 0.305 e. The molecule has 134 valence electrons. The molecule has 5 rings (SSSR count). The number of rotatable bonds is 4. The van der Waals surface area contributed by atoms with Crippen molar-refractivity contribution in [1.29, 1.82) is 0 Å². The predicted octanol–water partition coefficient (Wildman–Crippen LogP) is 3.50. The van der Waals surface area contributed by atoms with Gasteiger partial charge in [-0.3, -0.25) is 0 Å². The van der Waals surface area contributed by atoms with E-state index in [1.807, 2.05) is 42.5 Å². The quantitative estimate of drug-likeness (QED) is 0.424. The first-order valence-electron chi connectivity index (χ1n) is 8.07. The van der Waals surface area contributed by atoms with Crippen LogP contribution in [-0.4, -0.2) is 34.7 Å². The van der Waals surface area contributed by atoms with Crippen molar-refractivity contribution in [2.45, 2.75) is 6.61 Å². The van der Waals surface area contributed by atoms with E-state index in [9.17, 15) is 0 Å². The van der Waals surface area contributed by atoms with Crippen LogP contribution in [0.15, 0.2) is 46.9 Å². The second-order valence-electron chi connectivity index (χ2n) is 5.80. The number of aromatic nitrogens is 7. The average molecular weight is 442 g/mol. The molecule has 5 aromatic rings. The minimum Gasteiger partial charge on any atom is -0.457 e. The predicted molar refractivity (Wildman–Crippen MR) is 105 cm³/mol. The lowest BCUT2D eigenvalue weighted by molar-refractivity contribution is 0.276. The molecule has 27 heavy (non-hydrogen) atoms. The summed E-state index contributed by atoms with van der Waals surface area (Å²) in [5, 5.41) is 12.6. The Kier molecular flexibility index (Phi) is 3.87. The normalized spacial score (nSPS) is 11.5. The van der Waals surface area contributed by atoms with Gasteiger partial charge in [-0.2, -0.15) is 4.98 Å². The highest BCUT2D eigenvalue weighted by Gasteiger charge is 2.20. The number of para-hydroxylation sites is 2. The Morgan fingerprint density at radius 2 is 2.00 bits per heavy atom. The third-order valence-corrected chi connectivity index (χ3v) is 5.72. The molecule has 0 aliphatic heterocycles. The summed E-state index contributed by atoms with van der Waals surface area (Å²) < 4.78 is 11.4. The number of aryl methyl sites for hydroxylation is 1. The van der Waals surface area contributed by atoms with Crippen LogP contribution in [0.4, 0.5) is 0 Å². The number of nitrogens with zero attached hydrogens (tertiary/aromatic N) is 7. The van der Waals surface area contributed by atoms with E-state index in [4.69, 9.17) is 4.74 Å². The maximum absolute atomic E-state index is 6.04. The van der Waals surface area contributed by atoms with Crippen LogP contribution in [-0.2, 0) is 13.7 Å². The lowest BCUT2D eigenvalue weighted by Crippen LogP contribution is -2.08. The Bertz CT molecular complexity index is 1240. The van der Waals surface area contributed by atoms with Crippen LogP contribution in [0.5, 0.6) is 6.01 Å². The molecule has 2 aromatic carbocycles. The molecule has 0 unspecified atom stereocenters. The molecular weight excluding hydrogens is 430 g/mol. The van der Waals surface area contributed by atoms with E-state index in [0.717, 1.165) is 30.7 Å². The molecule has 0 aliphatic rings. The van der Waals surface area contributed by atoms with Crippen molar-refractivity contribution in [1.82, 2.24) is 34.7 Å². The molecule has 8 nitrogen and oxygen atoms in total. The Balaban J connectivity index is 1.58. The summed E-state index contributed by atoms with van der Waals surface area (Å²) in [6, 6.07) is 14.3. The number of hydrogen-bond acceptors (Lipinski definition) is 7. The molecule has 0 N–H and O–H groups in total. The highest BCUT2D eigenvalue weighted by molar-refractivity contribution is 9.10. The van der Waals surface area contributed by atoms with Crippen LogP contribution in [0.3, 0.4) is 0 Å². The van der Waals surface area contributed by atoms with Crippen LogP contribution in [0, 0.1) is 0 Å². The summed E-state index contributed by atoms with van der Waals surface area (Å²) in [4.78, 5) is 9.25. The summed E-state index contributed by atoms with van der Waals surface area (Å²) in [6.45, 7) is 0.311. The summed E-state index contributed by atoms with van der Waals surface area (Å²) in [7, 11) is 1.77. The van der Waals surface area contributed by atoms with Gasteiger partial charge in [-0.1, -0.05) is 23.3 Å². The van der Waals surface area contributed by atoms with Gasteiger partial charge in [-0.05, 0) is 50.6 Å². The first kappa shape index (κ1) is 16.3. The van der Waals surface area contributed by atoms with Crippen molar-refractivity contribution in [3.05, 3.63) is 51.9 Å². The van der Waals surface area contributed by atoms with Gasteiger partial charge in [0.05, 0.1) is 15.7 Å². The second-order valence-corrected chi connectivity index (χ2v) is 7.77. The summed E-state index contributed by atoms with van der Waals surface area (Å²) in [6.07, 6.45) is 0. The topological polar surface area (TPSA) is 83.5 Å². The molecule has 0 saturated carbocycles. The van der Waals surface area contributed by atoms with Crippen molar-refractivity contribution >= 4 is 48.5 Å². The molecule has 0 fully saturated rings. The maximum atomic E-state index is 6.04. The minimum atomic E-state index is 0.311. The zero-order valence-electron chi connectivity index (χ0n) is 14.1. The van der Waals surface area contributed by atoms with Crippen LogP contribution in [0.2, 0.25) is 0 Å². The van der Waals surface area contributed by atoms with Gasteiger partial charge in [0.15, 0.2) is 0 Å². The van der Waals surface area contributed by atoms with Gasteiger partial charge in [-0.25, -0.2) is 14.2 Å². The van der Waals surface area contributed by atoms with Crippen LogP contribution < -0.4 is 4.74 Å². The van der Waals surface area contributed by atoms with E-state index in [2.05, 4.69) is 41.4 Å². The molecule has 0 spiro atoms. The van der Waals surface area contributed by atoms with Gasteiger partial charge in [-0.15, -0.1) is 11.3 Å². The number of fused-ring (bicyclic) bond motifs is 2. The first-order valence-corrected chi connectivity index (χ1v) is 9.68. The average Bonchev–Trinajstić information content (AvgIpc) is 3.36. The Morgan fingerprint density at radius 3 is 2.81 bits per heavy atom. The number of tetrazole rings is 1. The number of ether oxygens (including phenoxy) is 1. The summed E-state index contributed by atoms with van der Waals surface area (Å²) >= 11 is 5.15. The molecule has 0 saturated heterocycles. The summed E-state index contributed by atoms with van der Waals surface area (Å²) in [5.41, 5.74) is 2.59. The molecule has 3 aromatic heterocycles. The van der Waals surface area contributed by atoms with Crippen molar-refractivity contribution < 1.29 is 4.74 Å². The van der Waals surface area contributed by atoms with Gasteiger partial charge >= 0.3 is 6.01 Å². The van der Waals surface area contributed by atoms with Gasteiger partial charge in [0, 0.05) is 11.5 Å². The lowest BCUT2D eigenvalue weighted by Gasteiger charge is -2.07. The first-order chi connectivity index (χ1) is 13.2. The number of imidazole rings is 1. The van der Waals surface area contributed by atoms with Crippen LogP contribution >= 0.6 is 27.3 Å².